The van der Waals surface area contributed by atoms with Gasteiger partial charge >= 0.3 is 5.97 Å². The number of thioether (sulfide) groups is 1. The molecule has 0 aromatic heterocycles. The van der Waals surface area contributed by atoms with E-state index in [1.807, 2.05) is 30.5 Å². The van der Waals surface area contributed by atoms with Crippen molar-refractivity contribution in [2.75, 3.05) is 13.4 Å². The summed E-state index contributed by atoms with van der Waals surface area (Å²) in [7, 11) is 1.33. The van der Waals surface area contributed by atoms with Gasteiger partial charge in [0, 0.05) is 4.90 Å². The summed E-state index contributed by atoms with van der Waals surface area (Å²) in [6, 6.07) is 6.86. The fourth-order valence-corrected chi connectivity index (χ4v) is 1.48. The van der Waals surface area contributed by atoms with Crippen molar-refractivity contribution in [3.63, 3.8) is 0 Å². The molecule has 0 spiro atoms. The van der Waals surface area contributed by atoms with Crippen LogP contribution in [0.3, 0.4) is 0 Å². The zero-order valence-corrected chi connectivity index (χ0v) is 10.2. The molecule has 2 N–H and O–H groups in total. The summed E-state index contributed by atoms with van der Waals surface area (Å²) in [5, 5.41) is 0. The minimum atomic E-state index is -0.684. The Hall–Kier alpha value is -0.710. The molecular formula is C10H14ClNO2S. The molecule has 1 atom stereocenters. The summed E-state index contributed by atoms with van der Waals surface area (Å²) in [5.74, 6) is -0.415. The molecule has 0 aliphatic carbocycles. The Morgan fingerprint density at radius 2 is 1.93 bits per heavy atom. The van der Waals surface area contributed by atoms with Gasteiger partial charge in [0.05, 0.1) is 7.11 Å². The fourth-order valence-electron chi connectivity index (χ4n) is 1.07. The van der Waals surface area contributed by atoms with Crippen LogP contribution < -0.4 is 5.73 Å². The van der Waals surface area contributed by atoms with Gasteiger partial charge in [0.15, 0.2) is 0 Å². The third-order valence-electron chi connectivity index (χ3n) is 1.93. The van der Waals surface area contributed by atoms with Crippen molar-refractivity contribution in [1.82, 2.24) is 0 Å². The van der Waals surface area contributed by atoms with Gasteiger partial charge in [-0.05, 0) is 24.0 Å². The summed E-state index contributed by atoms with van der Waals surface area (Å²) >= 11 is 1.65. The van der Waals surface area contributed by atoms with Crippen molar-refractivity contribution in [3.8, 4) is 0 Å². The maximum atomic E-state index is 11.1. The van der Waals surface area contributed by atoms with Gasteiger partial charge in [-0.1, -0.05) is 12.1 Å². The Balaban J connectivity index is 0.00000196. The Labute approximate surface area is 99.8 Å². The van der Waals surface area contributed by atoms with Gasteiger partial charge in [0.25, 0.3) is 0 Å². The molecular weight excluding hydrogens is 234 g/mol. The van der Waals surface area contributed by atoms with Crippen molar-refractivity contribution in [3.05, 3.63) is 29.8 Å². The van der Waals surface area contributed by atoms with E-state index in [1.54, 1.807) is 11.8 Å². The number of rotatable bonds is 3. The van der Waals surface area contributed by atoms with Crippen LogP contribution >= 0.6 is 24.2 Å². The van der Waals surface area contributed by atoms with Crippen molar-refractivity contribution >= 4 is 30.1 Å². The zero-order valence-electron chi connectivity index (χ0n) is 8.60. The number of esters is 1. The average Bonchev–Trinajstić information content (AvgIpc) is 2.27. The zero-order chi connectivity index (χ0) is 10.6. The van der Waals surface area contributed by atoms with E-state index in [-0.39, 0.29) is 12.4 Å². The van der Waals surface area contributed by atoms with E-state index in [2.05, 4.69) is 4.74 Å². The molecule has 1 rings (SSSR count). The van der Waals surface area contributed by atoms with Crippen molar-refractivity contribution in [2.45, 2.75) is 10.9 Å². The minimum absolute atomic E-state index is 0. The van der Waals surface area contributed by atoms with Crippen LogP contribution in [0, 0.1) is 0 Å². The normalized spacial score (nSPS) is 11.4. The molecule has 0 unspecified atom stereocenters. The van der Waals surface area contributed by atoms with E-state index in [4.69, 9.17) is 5.73 Å². The van der Waals surface area contributed by atoms with Crippen LogP contribution in [0.5, 0.6) is 0 Å². The molecule has 84 valence electrons. The van der Waals surface area contributed by atoms with Gasteiger partial charge in [-0.15, -0.1) is 24.2 Å². The lowest BCUT2D eigenvalue weighted by Crippen LogP contribution is -2.22. The lowest BCUT2D eigenvalue weighted by Gasteiger charge is -2.09. The first-order valence-corrected chi connectivity index (χ1v) is 5.39. The first-order chi connectivity index (χ1) is 6.69. The second kappa shape index (κ2) is 6.71. The number of ether oxygens (including phenoxy) is 1. The molecule has 0 saturated heterocycles. The van der Waals surface area contributed by atoms with E-state index in [0.717, 1.165) is 10.5 Å². The van der Waals surface area contributed by atoms with Crippen LogP contribution in [0.15, 0.2) is 29.2 Å². The van der Waals surface area contributed by atoms with Crippen molar-refractivity contribution in [1.29, 1.82) is 0 Å². The van der Waals surface area contributed by atoms with E-state index in [1.165, 1.54) is 7.11 Å². The van der Waals surface area contributed by atoms with Gasteiger partial charge in [0.2, 0.25) is 0 Å². The third-order valence-corrected chi connectivity index (χ3v) is 2.67. The largest absolute Gasteiger partial charge is 0.468 e. The number of halogens is 1. The van der Waals surface area contributed by atoms with Gasteiger partial charge in [-0.2, -0.15) is 0 Å². The second-order valence-corrected chi connectivity index (χ2v) is 3.65. The molecule has 5 heteroatoms. The number of hydrogen-bond donors (Lipinski definition) is 1. The van der Waals surface area contributed by atoms with Gasteiger partial charge in [0.1, 0.15) is 6.04 Å². The number of benzene rings is 1. The standard InChI is InChI=1S/C10H13NO2S.ClH/c1-13-10(12)9(11)7-3-5-8(14-2)6-4-7;/h3-6,9H,11H2,1-2H3;1H/t9-;/m0./s1. The van der Waals surface area contributed by atoms with Gasteiger partial charge < -0.3 is 10.5 Å². The third kappa shape index (κ3) is 3.74. The number of carbonyl (C=O) groups excluding carboxylic acids is 1. The van der Waals surface area contributed by atoms with Crippen LogP contribution in [-0.2, 0) is 9.53 Å². The molecule has 1 aromatic rings. The number of nitrogens with two attached hydrogens (primary N) is 1. The average molecular weight is 248 g/mol. The van der Waals surface area contributed by atoms with Crippen molar-refractivity contribution in [2.24, 2.45) is 5.73 Å². The van der Waals surface area contributed by atoms with E-state index in [9.17, 15) is 4.79 Å². The maximum Gasteiger partial charge on any atom is 0.327 e. The monoisotopic (exact) mass is 247 g/mol. The molecule has 1 aromatic carbocycles. The smallest absolute Gasteiger partial charge is 0.327 e. The van der Waals surface area contributed by atoms with Crippen molar-refractivity contribution < 1.29 is 9.53 Å². The topological polar surface area (TPSA) is 52.3 Å². The predicted molar refractivity (Wildman–Crippen MR) is 64.4 cm³/mol. The molecule has 0 bridgehead atoms. The molecule has 3 nitrogen and oxygen atoms in total. The predicted octanol–water partition coefficient (Wildman–Crippen LogP) is 2.00. The quantitative estimate of drug-likeness (QED) is 0.656. The maximum absolute atomic E-state index is 11.1. The number of carbonyl (C=O) groups is 1. The Bertz CT molecular complexity index is 316. The van der Waals surface area contributed by atoms with E-state index < -0.39 is 12.0 Å². The Kier molecular flexibility index (Phi) is 6.40. The molecule has 0 aliphatic heterocycles. The highest BCUT2D eigenvalue weighted by atomic mass is 35.5. The summed E-state index contributed by atoms with van der Waals surface area (Å²) in [6.45, 7) is 0. The molecule has 15 heavy (non-hydrogen) atoms. The molecule has 0 saturated carbocycles. The van der Waals surface area contributed by atoms with Crippen LogP contribution in [0.2, 0.25) is 0 Å². The van der Waals surface area contributed by atoms with E-state index in [0.29, 0.717) is 0 Å². The lowest BCUT2D eigenvalue weighted by atomic mass is 10.1. The minimum Gasteiger partial charge on any atom is -0.468 e. The molecule has 0 aliphatic rings. The summed E-state index contributed by atoms with van der Waals surface area (Å²) in [5.41, 5.74) is 6.43. The van der Waals surface area contributed by atoms with E-state index >= 15 is 0 Å². The fraction of sp³-hybridized carbons (Fsp3) is 0.300. The van der Waals surface area contributed by atoms with Crippen LogP contribution in [0.1, 0.15) is 11.6 Å². The Morgan fingerprint density at radius 1 is 1.40 bits per heavy atom. The van der Waals surface area contributed by atoms with Gasteiger partial charge in [-0.3, -0.25) is 4.79 Å². The molecule has 0 fully saturated rings. The number of methoxy groups -OCH3 is 1. The van der Waals surface area contributed by atoms with Crippen LogP contribution in [0.4, 0.5) is 0 Å². The molecule has 0 radical (unpaired) electrons. The lowest BCUT2D eigenvalue weighted by molar-refractivity contribution is -0.142. The molecule has 0 amide bonds. The first kappa shape index (κ1) is 14.3. The molecule has 0 heterocycles. The second-order valence-electron chi connectivity index (χ2n) is 2.77. The SMILES string of the molecule is COC(=O)[C@@H](N)c1ccc(SC)cc1.Cl. The highest BCUT2D eigenvalue weighted by Gasteiger charge is 2.15. The Morgan fingerprint density at radius 3 is 2.33 bits per heavy atom. The number of hydrogen-bond acceptors (Lipinski definition) is 4. The highest BCUT2D eigenvalue weighted by Crippen LogP contribution is 2.18. The van der Waals surface area contributed by atoms with Crippen LogP contribution in [0.25, 0.3) is 0 Å². The highest BCUT2D eigenvalue weighted by molar-refractivity contribution is 7.98. The summed E-state index contributed by atoms with van der Waals surface area (Å²) in [6.07, 6.45) is 2.00. The summed E-state index contributed by atoms with van der Waals surface area (Å²) < 4.78 is 4.55. The summed E-state index contributed by atoms with van der Waals surface area (Å²) in [4.78, 5) is 12.3. The van der Waals surface area contributed by atoms with Gasteiger partial charge in [-0.25, -0.2) is 0 Å². The van der Waals surface area contributed by atoms with Crippen LogP contribution in [-0.4, -0.2) is 19.3 Å². The first-order valence-electron chi connectivity index (χ1n) is 4.16.